The molecule has 0 aliphatic carbocycles. The van der Waals surface area contributed by atoms with E-state index in [1.54, 1.807) is 0 Å². The molecule has 1 aromatic carbocycles. The van der Waals surface area contributed by atoms with Gasteiger partial charge in [0.2, 0.25) is 5.95 Å². The van der Waals surface area contributed by atoms with Gasteiger partial charge in [-0.15, -0.1) is 0 Å². The summed E-state index contributed by atoms with van der Waals surface area (Å²) in [6.45, 7) is 4.11. The van der Waals surface area contributed by atoms with Crippen LogP contribution in [0.1, 0.15) is 0 Å². The highest BCUT2D eigenvalue weighted by atomic mass is 79.9. The molecule has 1 saturated heterocycles. The Morgan fingerprint density at radius 3 is 2.76 bits per heavy atom. The number of benzene rings is 1. The molecule has 0 amide bonds. The van der Waals surface area contributed by atoms with Crippen LogP contribution in [0.15, 0.2) is 22.7 Å². The third-order valence-electron chi connectivity index (χ3n) is 3.22. The van der Waals surface area contributed by atoms with Gasteiger partial charge in [-0.2, -0.15) is 0 Å². The van der Waals surface area contributed by atoms with Crippen LogP contribution in [0, 0.1) is 0 Å². The van der Waals surface area contributed by atoms with Gasteiger partial charge in [0.15, 0.2) is 0 Å². The number of imidazole rings is 1. The molecule has 0 spiro atoms. The fourth-order valence-corrected chi connectivity index (χ4v) is 2.98. The van der Waals surface area contributed by atoms with Gasteiger partial charge in [-0.05, 0) is 28.1 Å². The van der Waals surface area contributed by atoms with Crippen LogP contribution in [0.4, 0.5) is 5.95 Å². The lowest BCUT2D eigenvalue weighted by atomic mass is 10.3. The van der Waals surface area contributed by atoms with Crippen molar-refractivity contribution in [3.8, 4) is 0 Å². The van der Waals surface area contributed by atoms with Crippen molar-refractivity contribution in [2.75, 3.05) is 31.1 Å². The van der Waals surface area contributed by atoms with Crippen molar-refractivity contribution in [3.63, 3.8) is 0 Å². The maximum absolute atomic E-state index is 4.73. The van der Waals surface area contributed by atoms with Gasteiger partial charge in [0.25, 0.3) is 0 Å². The number of aromatic nitrogens is 2. The highest BCUT2D eigenvalue weighted by Gasteiger charge is 2.17. The monoisotopic (exact) mass is 294 g/mol. The first-order valence-electron chi connectivity index (χ1n) is 5.84. The second-order valence-corrected chi connectivity index (χ2v) is 5.17. The lowest BCUT2D eigenvalue weighted by molar-refractivity contribution is 0.575. The van der Waals surface area contributed by atoms with Crippen LogP contribution >= 0.6 is 15.9 Å². The molecule has 3 rings (SSSR count). The first-order valence-corrected chi connectivity index (χ1v) is 6.63. The second-order valence-electron chi connectivity index (χ2n) is 4.32. The van der Waals surface area contributed by atoms with Crippen molar-refractivity contribution in [2.45, 2.75) is 0 Å². The van der Waals surface area contributed by atoms with Gasteiger partial charge in [-0.3, -0.25) is 0 Å². The normalized spacial score (nSPS) is 16.7. The number of anilines is 1. The van der Waals surface area contributed by atoms with E-state index in [2.05, 4.69) is 49.9 Å². The van der Waals surface area contributed by atoms with Crippen LogP contribution in [0.5, 0.6) is 0 Å². The Balaban J connectivity index is 2.10. The third-order valence-corrected chi connectivity index (χ3v) is 3.86. The van der Waals surface area contributed by atoms with Crippen molar-refractivity contribution >= 4 is 32.9 Å². The van der Waals surface area contributed by atoms with Crippen molar-refractivity contribution in [2.24, 2.45) is 7.05 Å². The van der Waals surface area contributed by atoms with Crippen LogP contribution in [-0.2, 0) is 7.05 Å². The summed E-state index contributed by atoms with van der Waals surface area (Å²) in [4.78, 5) is 7.06. The lowest BCUT2D eigenvalue weighted by Crippen LogP contribution is -2.44. The van der Waals surface area contributed by atoms with Crippen molar-refractivity contribution in [1.82, 2.24) is 14.9 Å². The van der Waals surface area contributed by atoms with E-state index in [0.29, 0.717) is 0 Å². The molecule has 0 unspecified atom stereocenters. The van der Waals surface area contributed by atoms with Crippen molar-refractivity contribution in [1.29, 1.82) is 0 Å². The molecule has 4 nitrogen and oxygen atoms in total. The molecule has 1 fully saturated rings. The Kier molecular flexibility index (Phi) is 2.80. The van der Waals surface area contributed by atoms with E-state index in [-0.39, 0.29) is 0 Å². The molecule has 0 radical (unpaired) electrons. The number of piperazine rings is 1. The van der Waals surface area contributed by atoms with Crippen molar-refractivity contribution in [3.05, 3.63) is 22.7 Å². The minimum Gasteiger partial charge on any atom is -0.340 e. The summed E-state index contributed by atoms with van der Waals surface area (Å²) in [6, 6.07) is 6.15. The molecule has 90 valence electrons. The summed E-state index contributed by atoms with van der Waals surface area (Å²) in [5.74, 6) is 1.06. The highest BCUT2D eigenvalue weighted by Crippen LogP contribution is 2.27. The van der Waals surface area contributed by atoms with E-state index in [1.165, 1.54) is 5.52 Å². The number of nitrogens with one attached hydrogen (secondary N) is 1. The lowest BCUT2D eigenvalue weighted by Gasteiger charge is -2.28. The van der Waals surface area contributed by atoms with E-state index < -0.39 is 0 Å². The number of aryl methyl sites for hydroxylation is 1. The minimum atomic E-state index is 1.02. The van der Waals surface area contributed by atoms with E-state index in [0.717, 1.165) is 42.1 Å². The number of hydrogen-bond acceptors (Lipinski definition) is 3. The number of fused-ring (bicyclic) bond motifs is 1. The first-order chi connectivity index (χ1) is 8.27. The number of halogens is 1. The zero-order chi connectivity index (χ0) is 11.8. The molecule has 1 N–H and O–H groups in total. The molecular weight excluding hydrogens is 280 g/mol. The predicted octanol–water partition coefficient (Wildman–Crippen LogP) is 1.75. The fourth-order valence-electron chi connectivity index (χ4n) is 2.36. The standard InChI is InChI=1S/C12H15BrN4/c1-16-11-9(13)3-2-4-10(11)15-12(16)17-7-5-14-6-8-17/h2-4,14H,5-8H2,1H3. The van der Waals surface area contributed by atoms with Gasteiger partial charge in [0.05, 0.1) is 11.0 Å². The largest absolute Gasteiger partial charge is 0.340 e. The summed E-state index contributed by atoms with van der Waals surface area (Å²) in [5.41, 5.74) is 2.22. The van der Waals surface area contributed by atoms with Gasteiger partial charge >= 0.3 is 0 Å². The maximum Gasteiger partial charge on any atom is 0.206 e. The second kappa shape index (κ2) is 4.31. The summed E-state index contributed by atoms with van der Waals surface area (Å²) in [6.07, 6.45) is 0. The Morgan fingerprint density at radius 2 is 2.06 bits per heavy atom. The summed E-state index contributed by atoms with van der Waals surface area (Å²) < 4.78 is 3.27. The number of para-hydroxylation sites is 1. The topological polar surface area (TPSA) is 33.1 Å². The van der Waals surface area contributed by atoms with Gasteiger partial charge in [-0.25, -0.2) is 4.98 Å². The number of rotatable bonds is 1. The third kappa shape index (κ3) is 1.83. The summed E-state index contributed by atoms with van der Waals surface area (Å²) in [7, 11) is 2.08. The smallest absolute Gasteiger partial charge is 0.206 e. The molecule has 2 aromatic rings. The molecule has 1 aliphatic rings. The van der Waals surface area contributed by atoms with Gasteiger partial charge in [-0.1, -0.05) is 6.07 Å². The van der Waals surface area contributed by atoms with Crippen molar-refractivity contribution < 1.29 is 0 Å². The van der Waals surface area contributed by atoms with Gasteiger partial charge < -0.3 is 14.8 Å². The molecule has 2 heterocycles. The summed E-state index contributed by atoms with van der Waals surface area (Å²) >= 11 is 3.59. The molecule has 1 aliphatic heterocycles. The van der Waals surface area contributed by atoms with Gasteiger partial charge in [0.1, 0.15) is 0 Å². The molecule has 1 aromatic heterocycles. The van der Waals surface area contributed by atoms with Crippen LogP contribution < -0.4 is 10.2 Å². The molecule has 0 atom stereocenters. The number of nitrogens with zero attached hydrogens (tertiary/aromatic N) is 3. The average molecular weight is 295 g/mol. The Bertz CT molecular complexity index is 543. The molecule has 5 heteroatoms. The van der Waals surface area contributed by atoms with E-state index in [9.17, 15) is 0 Å². The fraction of sp³-hybridized carbons (Fsp3) is 0.417. The van der Waals surface area contributed by atoms with E-state index >= 15 is 0 Å². The highest BCUT2D eigenvalue weighted by molar-refractivity contribution is 9.10. The molecule has 0 bridgehead atoms. The quantitative estimate of drug-likeness (QED) is 0.870. The Hall–Kier alpha value is -1.07. The van der Waals surface area contributed by atoms with Crippen LogP contribution in [0.2, 0.25) is 0 Å². The average Bonchev–Trinajstić information content (AvgIpc) is 2.69. The zero-order valence-corrected chi connectivity index (χ0v) is 11.4. The molecular formula is C12H15BrN4. The van der Waals surface area contributed by atoms with E-state index in [4.69, 9.17) is 4.98 Å². The van der Waals surface area contributed by atoms with Crippen LogP contribution in [-0.4, -0.2) is 35.7 Å². The Morgan fingerprint density at radius 1 is 1.29 bits per heavy atom. The van der Waals surface area contributed by atoms with Crippen LogP contribution in [0.3, 0.4) is 0 Å². The molecule has 17 heavy (non-hydrogen) atoms. The maximum atomic E-state index is 4.73. The number of hydrogen-bond donors (Lipinski definition) is 1. The Labute approximate surface area is 109 Å². The van der Waals surface area contributed by atoms with Gasteiger partial charge in [0, 0.05) is 37.7 Å². The van der Waals surface area contributed by atoms with E-state index in [1.807, 2.05) is 6.07 Å². The minimum absolute atomic E-state index is 1.02. The molecule has 0 saturated carbocycles. The first kappa shape index (κ1) is 11.0. The SMILES string of the molecule is Cn1c(N2CCNCC2)nc2cccc(Br)c21. The van der Waals surface area contributed by atoms with Crippen LogP contribution in [0.25, 0.3) is 11.0 Å². The zero-order valence-electron chi connectivity index (χ0n) is 9.78. The predicted molar refractivity (Wildman–Crippen MR) is 73.5 cm³/mol. The summed E-state index contributed by atoms with van der Waals surface area (Å²) in [5, 5.41) is 3.36.